The van der Waals surface area contributed by atoms with Crippen molar-refractivity contribution in [1.82, 2.24) is 14.9 Å². The van der Waals surface area contributed by atoms with E-state index in [1.807, 2.05) is 13.8 Å². The summed E-state index contributed by atoms with van der Waals surface area (Å²) in [4.78, 5) is 13.8. The molecule has 0 saturated heterocycles. The van der Waals surface area contributed by atoms with Gasteiger partial charge < -0.3 is 10.6 Å². The summed E-state index contributed by atoms with van der Waals surface area (Å²) in [6, 6.07) is 19.6. The Morgan fingerprint density at radius 3 is 2.36 bits per heavy atom. The maximum Gasteiger partial charge on any atom is 0.243 e. The summed E-state index contributed by atoms with van der Waals surface area (Å²) in [5, 5.41) is 6.71. The van der Waals surface area contributed by atoms with E-state index in [1.165, 1.54) is 27.6 Å². The molecule has 0 spiro atoms. The van der Waals surface area contributed by atoms with Crippen LogP contribution in [0, 0.1) is 17.7 Å². The first-order valence-electron chi connectivity index (χ1n) is 15.0. The second-order valence-corrected chi connectivity index (χ2v) is 14.0. The van der Waals surface area contributed by atoms with Crippen molar-refractivity contribution in [3.8, 4) is 0 Å². The summed E-state index contributed by atoms with van der Waals surface area (Å²) in [6.45, 7) is 10.2. The molecule has 0 radical (unpaired) electrons. The molecule has 4 rings (SSSR count). The number of fused-ring (bicyclic) bond motifs is 1. The topological polar surface area (TPSA) is 78.5 Å². The quantitative estimate of drug-likeness (QED) is 0.236. The second-order valence-electron chi connectivity index (χ2n) is 12.1. The molecule has 8 heteroatoms. The van der Waals surface area contributed by atoms with Crippen molar-refractivity contribution in [2.45, 2.75) is 76.9 Å². The summed E-state index contributed by atoms with van der Waals surface area (Å²) < 4.78 is 43.2. The maximum atomic E-state index is 13.9. The van der Waals surface area contributed by atoms with Crippen molar-refractivity contribution in [1.29, 1.82) is 0 Å². The van der Waals surface area contributed by atoms with Crippen molar-refractivity contribution in [2.75, 3.05) is 13.1 Å². The Hall–Kier alpha value is -3.07. The van der Waals surface area contributed by atoms with Gasteiger partial charge in [0.05, 0.1) is 17.0 Å². The molecule has 0 bridgehead atoms. The minimum Gasteiger partial charge on any atom is -0.349 e. The Labute approximate surface area is 250 Å². The first kappa shape index (κ1) is 31.9. The smallest absolute Gasteiger partial charge is 0.243 e. The Morgan fingerprint density at radius 2 is 1.69 bits per heavy atom. The molecular formula is C34H44FN3O3S. The molecule has 1 aliphatic carbocycles. The average molecular weight is 594 g/mol. The van der Waals surface area contributed by atoms with E-state index in [0.29, 0.717) is 11.5 Å². The van der Waals surface area contributed by atoms with E-state index in [2.05, 4.69) is 42.7 Å². The van der Waals surface area contributed by atoms with Gasteiger partial charge in [-0.15, -0.1) is 0 Å². The molecule has 0 fully saturated rings. The minimum absolute atomic E-state index is 0.00365. The van der Waals surface area contributed by atoms with Gasteiger partial charge in [-0.1, -0.05) is 76.2 Å². The van der Waals surface area contributed by atoms with Crippen LogP contribution in [0.2, 0.25) is 0 Å². The van der Waals surface area contributed by atoms with Crippen molar-refractivity contribution in [3.05, 3.63) is 101 Å². The highest BCUT2D eigenvalue weighted by Crippen LogP contribution is 2.34. The Kier molecular flexibility index (Phi) is 10.9. The molecule has 6 nitrogen and oxygen atoms in total. The molecule has 2 N–H and O–H groups in total. The molecule has 3 aromatic carbocycles. The van der Waals surface area contributed by atoms with Crippen LogP contribution in [0.25, 0.3) is 0 Å². The van der Waals surface area contributed by atoms with E-state index >= 15 is 0 Å². The fourth-order valence-corrected chi connectivity index (χ4v) is 7.41. The predicted octanol–water partition coefficient (Wildman–Crippen LogP) is 6.54. The van der Waals surface area contributed by atoms with Gasteiger partial charge in [-0.05, 0) is 84.2 Å². The Bertz CT molecular complexity index is 1430. The van der Waals surface area contributed by atoms with E-state index in [4.69, 9.17) is 0 Å². The van der Waals surface area contributed by atoms with E-state index < -0.39 is 21.9 Å². The van der Waals surface area contributed by atoms with E-state index in [0.717, 1.165) is 37.9 Å². The van der Waals surface area contributed by atoms with Gasteiger partial charge in [0.15, 0.2) is 0 Å². The minimum atomic E-state index is -3.95. The molecule has 2 atom stereocenters. The van der Waals surface area contributed by atoms with Gasteiger partial charge in [0.1, 0.15) is 5.82 Å². The number of nitrogens with zero attached hydrogens (tertiary/aromatic N) is 1. The van der Waals surface area contributed by atoms with E-state index in [-0.39, 0.29) is 35.7 Å². The molecule has 1 amide bonds. The van der Waals surface area contributed by atoms with Crippen LogP contribution in [0.3, 0.4) is 0 Å². The lowest BCUT2D eigenvalue weighted by atomic mass is 9.86. The molecule has 42 heavy (non-hydrogen) atoms. The fraction of sp³-hybridized carbons (Fsp3) is 0.441. The van der Waals surface area contributed by atoms with Crippen LogP contribution in [-0.2, 0) is 27.8 Å². The van der Waals surface area contributed by atoms with Crippen LogP contribution in [0.1, 0.15) is 81.3 Å². The fourth-order valence-electron chi connectivity index (χ4n) is 5.61. The number of halogens is 1. The first-order valence-corrected chi connectivity index (χ1v) is 16.4. The van der Waals surface area contributed by atoms with E-state index in [1.54, 1.807) is 42.5 Å². The van der Waals surface area contributed by atoms with Crippen LogP contribution in [0.5, 0.6) is 0 Å². The summed E-state index contributed by atoms with van der Waals surface area (Å²) in [5.74, 6) is -0.0632. The third-order valence-corrected chi connectivity index (χ3v) is 9.50. The average Bonchev–Trinajstić information content (AvgIpc) is 2.95. The van der Waals surface area contributed by atoms with Gasteiger partial charge in [-0.3, -0.25) is 4.79 Å². The molecular weight excluding hydrogens is 549 g/mol. The van der Waals surface area contributed by atoms with Crippen molar-refractivity contribution in [2.24, 2.45) is 11.8 Å². The van der Waals surface area contributed by atoms with Crippen LogP contribution >= 0.6 is 0 Å². The molecule has 1 aliphatic rings. The molecule has 0 aliphatic heterocycles. The van der Waals surface area contributed by atoms with Crippen LogP contribution in [-0.4, -0.2) is 31.7 Å². The van der Waals surface area contributed by atoms with Gasteiger partial charge in [0, 0.05) is 19.5 Å². The number of nitrogens with one attached hydrogen (secondary N) is 2. The standard InChI is InChI=1S/C34H44FN3O3S/c1-24(2)21-36-22-26-13-18-31-28(19-26)9-8-12-32(31)37-34(39)20-33(27-14-16-29(35)17-15-27)38(23-25(3)4)42(40,41)30-10-6-5-7-11-30/h5-7,10-11,13-19,24-25,32-33,36H,8-9,12,20-23H2,1-4H3,(H,37,39). The molecule has 0 heterocycles. The maximum absolute atomic E-state index is 13.9. The molecule has 0 saturated carbocycles. The summed E-state index contributed by atoms with van der Waals surface area (Å²) in [6.07, 6.45) is 2.68. The number of benzene rings is 3. The third kappa shape index (κ3) is 8.27. The van der Waals surface area contributed by atoms with Crippen molar-refractivity contribution < 1.29 is 17.6 Å². The van der Waals surface area contributed by atoms with Crippen LogP contribution < -0.4 is 10.6 Å². The van der Waals surface area contributed by atoms with Gasteiger partial charge in [-0.2, -0.15) is 4.31 Å². The first-order chi connectivity index (χ1) is 20.0. The number of sulfonamides is 1. The Balaban J connectivity index is 1.59. The molecule has 2 unspecified atom stereocenters. The largest absolute Gasteiger partial charge is 0.349 e. The lowest BCUT2D eigenvalue weighted by Gasteiger charge is -2.33. The van der Waals surface area contributed by atoms with Crippen molar-refractivity contribution >= 4 is 15.9 Å². The van der Waals surface area contributed by atoms with Gasteiger partial charge in [-0.25, -0.2) is 12.8 Å². The SMILES string of the molecule is CC(C)CNCc1ccc2c(c1)CCCC2NC(=O)CC(c1ccc(F)cc1)N(CC(C)C)S(=O)(=O)c1ccccc1. The van der Waals surface area contributed by atoms with Gasteiger partial charge >= 0.3 is 0 Å². The van der Waals surface area contributed by atoms with E-state index in [9.17, 15) is 17.6 Å². The highest BCUT2D eigenvalue weighted by molar-refractivity contribution is 7.89. The normalized spacial score (nSPS) is 16.0. The zero-order valence-corrected chi connectivity index (χ0v) is 26.0. The number of aryl methyl sites for hydroxylation is 1. The number of hydrogen-bond donors (Lipinski definition) is 2. The van der Waals surface area contributed by atoms with Gasteiger partial charge in [0.25, 0.3) is 0 Å². The lowest BCUT2D eigenvalue weighted by molar-refractivity contribution is -0.122. The zero-order chi connectivity index (χ0) is 30.3. The number of carbonyl (C=O) groups is 1. The number of rotatable bonds is 13. The Morgan fingerprint density at radius 1 is 0.976 bits per heavy atom. The number of amides is 1. The van der Waals surface area contributed by atoms with Gasteiger partial charge in [0.2, 0.25) is 15.9 Å². The monoisotopic (exact) mass is 593 g/mol. The number of hydrogen-bond acceptors (Lipinski definition) is 4. The lowest BCUT2D eigenvalue weighted by Crippen LogP contribution is -2.41. The second kappa shape index (κ2) is 14.4. The van der Waals surface area contributed by atoms with Crippen LogP contribution in [0.15, 0.2) is 77.7 Å². The predicted molar refractivity (Wildman–Crippen MR) is 166 cm³/mol. The summed E-state index contributed by atoms with van der Waals surface area (Å²) in [5.41, 5.74) is 4.18. The van der Waals surface area contributed by atoms with Crippen molar-refractivity contribution in [3.63, 3.8) is 0 Å². The number of carbonyl (C=O) groups excluding carboxylic acids is 1. The summed E-state index contributed by atoms with van der Waals surface area (Å²) in [7, 11) is -3.95. The highest BCUT2D eigenvalue weighted by Gasteiger charge is 2.35. The molecule has 0 aromatic heterocycles. The summed E-state index contributed by atoms with van der Waals surface area (Å²) >= 11 is 0. The van der Waals surface area contributed by atoms with Crippen LogP contribution in [0.4, 0.5) is 4.39 Å². The molecule has 226 valence electrons. The highest BCUT2D eigenvalue weighted by atomic mass is 32.2. The zero-order valence-electron chi connectivity index (χ0n) is 25.1. The third-order valence-electron chi connectivity index (χ3n) is 7.61. The molecule has 3 aromatic rings.